The molecule has 116 valence electrons. The van der Waals surface area contributed by atoms with Crippen molar-refractivity contribution in [3.8, 4) is 0 Å². The van der Waals surface area contributed by atoms with Crippen LogP contribution < -0.4 is 5.14 Å². The number of hydrogen-bond acceptors (Lipinski definition) is 5. The van der Waals surface area contributed by atoms with E-state index >= 15 is 0 Å². The Labute approximate surface area is 135 Å². The quantitative estimate of drug-likeness (QED) is 0.783. The maximum Gasteiger partial charge on any atom is 0.338 e. The Morgan fingerprint density at radius 3 is 2.81 bits per heavy atom. The van der Waals surface area contributed by atoms with Crippen molar-refractivity contribution in [1.82, 2.24) is 0 Å². The Balaban J connectivity index is 2.19. The number of carbonyl (C=O) groups is 1. The molecule has 1 aromatic rings. The van der Waals surface area contributed by atoms with E-state index in [1.165, 1.54) is 6.07 Å². The van der Waals surface area contributed by atoms with Gasteiger partial charge in [0, 0.05) is 6.61 Å². The zero-order chi connectivity index (χ0) is 15.6. The van der Waals surface area contributed by atoms with Crippen LogP contribution in [0.4, 0.5) is 0 Å². The van der Waals surface area contributed by atoms with E-state index in [0.29, 0.717) is 6.61 Å². The van der Waals surface area contributed by atoms with Crippen molar-refractivity contribution in [2.24, 2.45) is 5.14 Å². The number of halogens is 2. The van der Waals surface area contributed by atoms with Gasteiger partial charge >= 0.3 is 5.97 Å². The number of carbonyl (C=O) groups excluding carboxylic acids is 1. The summed E-state index contributed by atoms with van der Waals surface area (Å²) in [6, 6.07) is 2.45. The van der Waals surface area contributed by atoms with Gasteiger partial charge in [0.2, 0.25) is 10.0 Å². The van der Waals surface area contributed by atoms with Gasteiger partial charge in [-0.25, -0.2) is 18.4 Å². The smallest absolute Gasteiger partial charge is 0.338 e. The van der Waals surface area contributed by atoms with Crippen LogP contribution >= 0.6 is 27.5 Å². The van der Waals surface area contributed by atoms with E-state index in [2.05, 4.69) is 15.9 Å². The summed E-state index contributed by atoms with van der Waals surface area (Å²) >= 11 is 8.93. The summed E-state index contributed by atoms with van der Waals surface area (Å²) in [6.45, 7) is 0.777. The maximum absolute atomic E-state index is 12.0. The molecule has 0 amide bonds. The second-order valence-electron chi connectivity index (χ2n) is 4.55. The van der Waals surface area contributed by atoms with Crippen LogP contribution in [0.1, 0.15) is 23.2 Å². The molecule has 0 aliphatic carbocycles. The van der Waals surface area contributed by atoms with E-state index in [-0.39, 0.29) is 32.7 Å². The summed E-state index contributed by atoms with van der Waals surface area (Å²) in [4.78, 5) is 11.7. The number of nitrogens with two attached hydrogens (primary N) is 1. The zero-order valence-electron chi connectivity index (χ0n) is 10.8. The first-order valence-electron chi connectivity index (χ1n) is 6.09. The average molecular weight is 399 g/mol. The normalized spacial score (nSPS) is 18.7. The molecule has 2 rings (SSSR count). The molecule has 1 aliphatic heterocycles. The van der Waals surface area contributed by atoms with Crippen LogP contribution in [0.3, 0.4) is 0 Å². The minimum absolute atomic E-state index is 0.0187. The van der Waals surface area contributed by atoms with Gasteiger partial charge in [0.05, 0.1) is 26.1 Å². The van der Waals surface area contributed by atoms with Crippen molar-refractivity contribution < 1.29 is 22.7 Å². The summed E-state index contributed by atoms with van der Waals surface area (Å²) in [7, 11) is -4.01. The van der Waals surface area contributed by atoms with Crippen LogP contribution in [0, 0.1) is 0 Å². The molecule has 6 nitrogen and oxygen atoms in total. The third-order valence-electron chi connectivity index (χ3n) is 2.96. The minimum Gasteiger partial charge on any atom is -0.459 e. The fraction of sp³-hybridized carbons (Fsp3) is 0.417. The average Bonchev–Trinajstić information content (AvgIpc) is 2.90. The molecular formula is C12H13BrClNO5S. The van der Waals surface area contributed by atoms with Gasteiger partial charge in [-0.2, -0.15) is 0 Å². The van der Waals surface area contributed by atoms with Crippen molar-refractivity contribution in [3.05, 3.63) is 27.2 Å². The van der Waals surface area contributed by atoms with E-state index < -0.39 is 16.0 Å². The Morgan fingerprint density at radius 1 is 1.52 bits per heavy atom. The lowest BCUT2D eigenvalue weighted by Crippen LogP contribution is -2.19. The highest BCUT2D eigenvalue weighted by Crippen LogP contribution is 2.31. The van der Waals surface area contributed by atoms with E-state index in [4.69, 9.17) is 26.2 Å². The highest BCUT2D eigenvalue weighted by atomic mass is 79.9. The van der Waals surface area contributed by atoms with Gasteiger partial charge in [-0.15, -0.1) is 0 Å². The van der Waals surface area contributed by atoms with E-state index in [0.717, 1.165) is 18.9 Å². The number of ether oxygens (including phenoxy) is 2. The highest BCUT2D eigenvalue weighted by Gasteiger charge is 2.22. The molecule has 0 aromatic heterocycles. The molecule has 9 heteroatoms. The molecule has 0 bridgehead atoms. The van der Waals surface area contributed by atoms with Crippen molar-refractivity contribution >= 4 is 43.5 Å². The number of benzene rings is 1. The third-order valence-corrected chi connectivity index (χ3v) is 5.54. The number of esters is 1. The van der Waals surface area contributed by atoms with Gasteiger partial charge in [-0.05, 0) is 40.9 Å². The van der Waals surface area contributed by atoms with Crippen LogP contribution in [0.15, 0.2) is 21.5 Å². The van der Waals surface area contributed by atoms with Crippen LogP contribution in [0.5, 0.6) is 0 Å². The summed E-state index contributed by atoms with van der Waals surface area (Å²) in [5, 5.41) is 5.14. The number of hydrogen-bond donors (Lipinski definition) is 1. The van der Waals surface area contributed by atoms with E-state index in [1.54, 1.807) is 0 Å². The fourth-order valence-corrected chi connectivity index (χ4v) is 3.75. The van der Waals surface area contributed by atoms with E-state index in [9.17, 15) is 13.2 Å². The molecule has 0 radical (unpaired) electrons. The van der Waals surface area contributed by atoms with Crippen molar-refractivity contribution in [2.45, 2.75) is 23.8 Å². The lowest BCUT2D eigenvalue weighted by molar-refractivity contribution is 0.0161. The fourth-order valence-electron chi connectivity index (χ4n) is 1.92. The molecule has 1 unspecified atom stereocenters. The summed E-state index contributed by atoms with van der Waals surface area (Å²) in [6.07, 6.45) is 1.65. The standard InChI is InChI=1S/C12H13BrClNO5S/c13-11-9(14)4-7(5-10(11)21(15,17)18)12(16)20-6-8-2-1-3-19-8/h4-5,8H,1-3,6H2,(H2,15,17,18). The van der Waals surface area contributed by atoms with Crippen LogP contribution in [0.25, 0.3) is 0 Å². The van der Waals surface area contributed by atoms with Crippen LogP contribution in [-0.4, -0.2) is 33.7 Å². The van der Waals surface area contributed by atoms with Gasteiger partial charge in [0.1, 0.15) is 6.61 Å². The molecule has 1 aliphatic rings. The van der Waals surface area contributed by atoms with Crippen molar-refractivity contribution in [3.63, 3.8) is 0 Å². The molecule has 0 saturated carbocycles. The first-order valence-corrected chi connectivity index (χ1v) is 8.81. The SMILES string of the molecule is NS(=O)(=O)c1cc(C(=O)OCC2CCCO2)cc(Cl)c1Br. The predicted molar refractivity (Wildman–Crippen MR) is 79.8 cm³/mol. The molecule has 1 saturated heterocycles. The first kappa shape index (κ1) is 16.7. The zero-order valence-corrected chi connectivity index (χ0v) is 14.0. The molecule has 0 spiro atoms. The van der Waals surface area contributed by atoms with Gasteiger partial charge < -0.3 is 9.47 Å². The lowest BCUT2D eigenvalue weighted by Gasteiger charge is -2.11. The first-order chi connectivity index (χ1) is 9.79. The second kappa shape index (κ2) is 6.62. The Morgan fingerprint density at radius 2 is 2.24 bits per heavy atom. The molecule has 2 N–H and O–H groups in total. The molecule has 1 heterocycles. The Hall–Kier alpha value is -0.670. The topological polar surface area (TPSA) is 95.7 Å². The monoisotopic (exact) mass is 397 g/mol. The van der Waals surface area contributed by atoms with Crippen LogP contribution in [-0.2, 0) is 19.5 Å². The summed E-state index contributed by atoms with van der Waals surface area (Å²) < 4.78 is 33.5. The highest BCUT2D eigenvalue weighted by molar-refractivity contribution is 9.10. The Bertz CT molecular complexity index is 658. The molecule has 21 heavy (non-hydrogen) atoms. The predicted octanol–water partition coefficient (Wildman–Crippen LogP) is 2.09. The molecule has 1 fully saturated rings. The Kier molecular flexibility index (Phi) is 5.26. The summed E-state index contributed by atoms with van der Waals surface area (Å²) in [5.74, 6) is -0.676. The van der Waals surface area contributed by atoms with Crippen molar-refractivity contribution in [1.29, 1.82) is 0 Å². The van der Waals surface area contributed by atoms with E-state index in [1.807, 2.05) is 0 Å². The summed E-state index contributed by atoms with van der Waals surface area (Å²) in [5.41, 5.74) is 0.0187. The molecule has 1 aromatic carbocycles. The molecule has 1 atom stereocenters. The van der Waals surface area contributed by atoms with Gasteiger partial charge in [-0.3, -0.25) is 0 Å². The van der Waals surface area contributed by atoms with Gasteiger partial charge in [-0.1, -0.05) is 11.6 Å². The largest absolute Gasteiger partial charge is 0.459 e. The maximum atomic E-state index is 12.0. The third kappa shape index (κ3) is 4.17. The molecular weight excluding hydrogens is 386 g/mol. The second-order valence-corrected chi connectivity index (χ2v) is 7.28. The van der Waals surface area contributed by atoms with Gasteiger partial charge in [0.15, 0.2) is 0 Å². The van der Waals surface area contributed by atoms with Gasteiger partial charge in [0.25, 0.3) is 0 Å². The lowest BCUT2D eigenvalue weighted by atomic mass is 10.2. The number of primary sulfonamides is 1. The minimum atomic E-state index is -4.01. The number of sulfonamides is 1. The van der Waals surface area contributed by atoms with Crippen LogP contribution in [0.2, 0.25) is 5.02 Å². The van der Waals surface area contributed by atoms with Crippen molar-refractivity contribution in [2.75, 3.05) is 13.2 Å². The number of rotatable bonds is 4.